The van der Waals surface area contributed by atoms with Gasteiger partial charge >= 0.3 is 0 Å². The van der Waals surface area contributed by atoms with Crippen LogP contribution in [0.4, 0.5) is 0 Å². The van der Waals surface area contributed by atoms with Crippen molar-refractivity contribution in [3.63, 3.8) is 0 Å². The maximum Gasteiger partial charge on any atom is 0.269 e. The molecule has 2 aromatic rings. The van der Waals surface area contributed by atoms with Gasteiger partial charge in [0.1, 0.15) is 11.4 Å². The minimum absolute atomic E-state index is 0.0311. The van der Waals surface area contributed by atoms with E-state index in [9.17, 15) is 4.79 Å². The summed E-state index contributed by atoms with van der Waals surface area (Å²) in [6, 6.07) is 5.90. The van der Waals surface area contributed by atoms with Gasteiger partial charge in [0.2, 0.25) is 0 Å². The summed E-state index contributed by atoms with van der Waals surface area (Å²) in [5.41, 5.74) is 1.49. The Bertz CT molecular complexity index is 650. The quantitative estimate of drug-likeness (QED) is 0.916. The highest BCUT2D eigenvalue weighted by Gasteiger charge is 2.20. The Morgan fingerprint density at radius 2 is 2.39 bits per heavy atom. The van der Waals surface area contributed by atoms with Gasteiger partial charge in [-0.1, -0.05) is 13.0 Å². The van der Waals surface area contributed by atoms with Crippen molar-refractivity contribution in [2.45, 2.75) is 19.8 Å². The van der Waals surface area contributed by atoms with Crippen LogP contribution >= 0.6 is 11.3 Å². The lowest BCUT2D eigenvalue weighted by molar-refractivity contribution is 0.0924. The van der Waals surface area contributed by atoms with E-state index >= 15 is 0 Å². The van der Waals surface area contributed by atoms with Crippen molar-refractivity contribution in [1.29, 1.82) is 0 Å². The van der Waals surface area contributed by atoms with Crippen LogP contribution in [0, 0.1) is 5.92 Å². The number of hydrogen-bond donors (Lipinski definition) is 1. The number of carbonyl (C=O) groups is 1. The van der Waals surface area contributed by atoms with Crippen LogP contribution < -0.4 is 5.32 Å². The summed E-state index contributed by atoms with van der Waals surface area (Å²) in [5, 5.41) is 9.56. The minimum Gasteiger partial charge on any atom is -0.350 e. The lowest BCUT2D eigenvalue weighted by atomic mass is 9.98. The van der Waals surface area contributed by atoms with Crippen LogP contribution in [0.3, 0.4) is 0 Å². The summed E-state index contributed by atoms with van der Waals surface area (Å²) in [7, 11) is 1.82. The Kier molecular flexibility index (Phi) is 5.13. The van der Waals surface area contributed by atoms with Crippen molar-refractivity contribution >= 4 is 17.2 Å². The fourth-order valence-electron chi connectivity index (χ4n) is 3.16. The fourth-order valence-corrected chi connectivity index (χ4v) is 3.84. The van der Waals surface area contributed by atoms with Gasteiger partial charge in [-0.05, 0) is 49.4 Å². The first-order valence-corrected chi connectivity index (χ1v) is 9.13. The topological polar surface area (TPSA) is 50.2 Å². The Labute approximate surface area is 141 Å². The van der Waals surface area contributed by atoms with Crippen LogP contribution in [0.5, 0.6) is 0 Å². The molecule has 0 saturated carbocycles. The van der Waals surface area contributed by atoms with Crippen molar-refractivity contribution in [2.24, 2.45) is 13.0 Å². The Hall–Kier alpha value is -1.66. The zero-order valence-corrected chi connectivity index (χ0v) is 14.6. The molecule has 3 rings (SSSR count). The maximum atomic E-state index is 12.5. The lowest BCUT2D eigenvalue weighted by Crippen LogP contribution is -2.41. The molecule has 0 aliphatic carbocycles. The molecule has 1 aliphatic heterocycles. The molecular weight excluding hydrogens is 308 g/mol. The predicted octanol–water partition coefficient (Wildman–Crippen LogP) is 2.61. The van der Waals surface area contributed by atoms with Crippen LogP contribution in [-0.2, 0) is 7.05 Å². The first-order chi connectivity index (χ1) is 11.2. The highest BCUT2D eigenvalue weighted by atomic mass is 32.1. The van der Waals surface area contributed by atoms with Crippen molar-refractivity contribution in [3.05, 3.63) is 29.3 Å². The van der Waals surface area contributed by atoms with Crippen molar-refractivity contribution in [2.75, 3.05) is 26.2 Å². The van der Waals surface area contributed by atoms with Gasteiger partial charge < -0.3 is 10.2 Å². The normalized spacial score (nSPS) is 19.0. The standard InChI is InChI=1S/C17H24N4OS/c1-3-21-8-4-6-13(12-21)11-18-17(22)15-10-14(19-20(15)2)16-7-5-9-23-16/h5,7,9-10,13H,3-4,6,8,11-12H2,1-2H3,(H,18,22). The van der Waals surface area contributed by atoms with Gasteiger partial charge in [-0.2, -0.15) is 5.10 Å². The zero-order chi connectivity index (χ0) is 16.2. The predicted molar refractivity (Wildman–Crippen MR) is 93.7 cm³/mol. The number of amides is 1. The third-order valence-electron chi connectivity index (χ3n) is 4.49. The molecule has 1 aliphatic rings. The molecule has 1 amide bonds. The average molecular weight is 332 g/mol. The molecule has 0 spiro atoms. The average Bonchev–Trinajstić information content (AvgIpc) is 3.22. The first kappa shape index (κ1) is 16.2. The number of likely N-dealkylation sites (tertiary alicyclic amines) is 1. The van der Waals surface area contributed by atoms with E-state index < -0.39 is 0 Å². The molecular formula is C17H24N4OS. The number of thiophene rings is 1. The molecule has 5 nitrogen and oxygen atoms in total. The molecule has 1 unspecified atom stereocenters. The number of hydrogen-bond acceptors (Lipinski definition) is 4. The molecule has 3 heterocycles. The number of nitrogens with one attached hydrogen (secondary N) is 1. The smallest absolute Gasteiger partial charge is 0.269 e. The van der Waals surface area contributed by atoms with E-state index in [4.69, 9.17) is 0 Å². The first-order valence-electron chi connectivity index (χ1n) is 8.26. The van der Waals surface area contributed by atoms with Crippen LogP contribution in [0.1, 0.15) is 30.3 Å². The summed E-state index contributed by atoms with van der Waals surface area (Å²) in [6.07, 6.45) is 2.42. The highest BCUT2D eigenvalue weighted by molar-refractivity contribution is 7.13. The van der Waals surface area contributed by atoms with E-state index in [1.54, 1.807) is 16.0 Å². The van der Waals surface area contributed by atoms with Crippen LogP contribution in [0.15, 0.2) is 23.6 Å². The van der Waals surface area contributed by atoms with Gasteiger partial charge in [-0.15, -0.1) is 11.3 Å². The van der Waals surface area contributed by atoms with Gasteiger partial charge in [0.15, 0.2) is 0 Å². The van der Waals surface area contributed by atoms with Crippen molar-refractivity contribution < 1.29 is 4.79 Å². The summed E-state index contributed by atoms with van der Waals surface area (Å²) >= 11 is 1.64. The SMILES string of the molecule is CCN1CCCC(CNC(=O)c2cc(-c3cccs3)nn2C)C1. The second-order valence-electron chi connectivity index (χ2n) is 6.13. The highest BCUT2D eigenvalue weighted by Crippen LogP contribution is 2.24. The fraction of sp³-hybridized carbons (Fsp3) is 0.529. The largest absolute Gasteiger partial charge is 0.350 e. The molecule has 6 heteroatoms. The maximum absolute atomic E-state index is 12.5. The summed E-state index contributed by atoms with van der Waals surface area (Å²) in [4.78, 5) is 16.0. The molecule has 1 fully saturated rings. The second kappa shape index (κ2) is 7.27. The van der Waals surface area contributed by atoms with E-state index in [1.165, 1.54) is 19.4 Å². The van der Waals surface area contributed by atoms with Crippen molar-refractivity contribution in [1.82, 2.24) is 20.0 Å². The number of rotatable bonds is 5. The summed E-state index contributed by atoms with van der Waals surface area (Å²) < 4.78 is 1.67. The molecule has 1 N–H and O–H groups in total. The van der Waals surface area contributed by atoms with Gasteiger partial charge in [-0.25, -0.2) is 0 Å². The number of aromatic nitrogens is 2. The Balaban J connectivity index is 1.60. The van der Waals surface area contributed by atoms with E-state index in [2.05, 4.69) is 22.2 Å². The van der Waals surface area contributed by atoms with Gasteiger partial charge in [-0.3, -0.25) is 9.48 Å². The third kappa shape index (κ3) is 3.82. The third-order valence-corrected chi connectivity index (χ3v) is 5.38. The zero-order valence-electron chi connectivity index (χ0n) is 13.8. The lowest BCUT2D eigenvalue weighted by Gasteiger charge is -2.31. The molecule has 0 aromatic carbocycles. The van der Waals surface area contributed by atoms with E-state index in [1.807, 2.05) is 30.6 Å². The summed E-state index contributed by atoms with van der Waals surface area (Å²) in [5.74, 6) is 0.522. The molecule has 2 aromatic heterocycles. The Morgan fingerprint density at radius 1 is 1.52 bits per heavy atom. The molecule has 0 radical (unpaired) electrons. The number of piperidine rings is 1. The van der Waals surface area contributed by atoms with Gasteiger partial charge in [0.25, 0.3) is 5.91 Å². The van der Waals surface area contributed by atoms with Crippen molar-refractivity contribution in [3.8, 4) is 10.6 Å². The molecule has 23 heavy (non-hydrogen) atoms. The molecule has 124 valence electrons. The molecule has 0 bridgehead atoms. The van der Waals surface area contributed by atoms with E-state index in [0.717, 1.165) is 30.2 Å². The Morgan fingerprint density at radius 3 is 3.13 bits per heavy atom. The summed E-state index contributed by atoms with van der Waals surface area (Å²) in [6.45, 7) is 6.31. The monoisotopic (exact) mass is 332 g/mol. The second-order valence-corrected chi connectivity index (χ2v) is 7.07. The number of nitrogens with zero attached hydrogens (tertiary/aromatic N) is 3. The van der Waals surface area contributed by atoms with Crippen LogP contribution in [0.2, 0.25) is 0 Å². The van der Waals surface area contributed by atoms with E-state index in [-0.39, 0.29) is 5.91 Å². The van der Waals surface area contributed by atoms with Gasteiger partial charge in [0, 0.05) is 20.1 Å². The minimum atomic E-state index is -0.0311. The number of carbonyl (C=O) groups excluding carboxylic acids is 1. The van der Waals surface area contributed by atoms with Gasteiger partial charge in [0.05, 0.1) is 4.88 Å². The molecule has 1 saturated heterocycles. The number of aryl methyl sites for hydroxylation is 1. The molecule has 1 atom stereocenters. The van der Waals surface area contributed by atoms with E-state index in [0.29, 0.717) is 11.6 Å². The van der Waals surface area contributed by atoms with Crippen LogP contribution in [0.25, 0.3) is 10.6 Å². The van der Waals surface area contributed by atoms with Crippen LogP contribution in [-0.4, -0.2) is 46.8 Å².